The van der Waals surface area contributed by atoms with Crippen LogP contribution in [0.4, 0.5) is 0 Å². The Morgan fingerprint density at radius 3 is 2.43 bits per heavy atom. The summed E-state index contributed by atoms with van der Waals surface area (Å²) in [6.45, 7) is 0.0380. The van der Waals surface area contributed by atoms with E-state index in [0.29, 0.717) is 23.7 Å². The van der Waals surface area contributed by atoms with Crippen LogP contribution in [0.2, 0.25) is 0 Å². The third-order valence-corrected chi connectivity index (χ3v) is 2.79. The molecule has 0 N–H and O–H groups in total. The number of benzene rings is 2. The van der Waals surface area contributed by atoms with Crippen LogP contribution in [0.3, 0.4) is 0 Å². The molecule has 0 saturated carbocycles. The van der Waals surface area contributed by atoms with Gasteiger partial charge in [-0.15, -0.1) is 0 Å². The fraction of sp³-hybridized carbons (Fsp3) is 0.0625. The standard InChI is InChI=1S/C16H12N2O3/c19-9-10-20-12-5-7-13(8-6-12)21-16-11-17-14-3-1-2-4-15(14)18-16/h1-9,11H,10H2. The minimum Gasteiger partial charge on any atom is -0.486 e. The van der Waals surface area contributed by atoms with Crippen LogP contribution < -0.4 is 9.47 Å². The Hall–Kier alpha value is -2.95. The highest BCUT2D eigenvalue weighted by Crippen LogP contribution is 2.23. The number of rotatable bonds is 5. The van der Waals surface area contributed by atoms with Crippen molar-refractivity contribution in [2.45, 2.75) is 0 Å². The van der Waals surface area contributed by atoms with Crippen LogP contribution >= 0.6 is 0 Å². The van der Waals surface area contributed by atoms with E-state index in [1.807, 2.05) is 24.3 Å². The highest BCUT2D eigenvalue weighted by molar-refractivity contribution is 5.74. The number of hydrogen-bond acceptors (Lipinski definition) is 5. The molecule has 2 aromatic carbocycles. The van der Waals surface area contributed by atoms with Crippen molar-refractivity contribution in [2.75, 3.05) is 6.61 Å². The van der Waals surface area contributed by atoms with E-state index in [-0.39, 0.29) is 6.61 Å². The quantitative estimate of drug-likeness (QED) is 0.672. The Labute approximate surface area is 121 Å². The molecule has 0 bridgehead atoms. The van der Waals surface area contributed by atoms with Crippen molar-refractivity contribution >= 4 is 17.3 Å². The number of hydrogen-bond donors (Lipinski definition) is 0. The SMILES string of the molecule is O=CCOc1ccc(Oc2cnc3ccccc3n2)cc1. The summed E-state index contributed by atoms with van der Waals surface area (Å²) in [6.07, 6.45) is 2.29. The van der Waals surface area contributed by atoms with Gasteiger partial charge in [0.25, 0.3) is 0 Å². The summed E-state index contributed by atoms with van der Waals surface area (Å²) >= 11 is 0. The Morgan fingerprint density at radius 1 is 0.952 bits per heavy atom. The molecule has 0 aliphatic heterocycles. The molecule has 0 atom stereocenters. The Morgan fingerprint density at radius 2 is 1.67 bits per heavy atom. The maximum Gasteiger partial charge on any atom is 0.238 e. The third kappa shape index (κ3) is 3.14. The van der Waals surface area contributed by atoms with Gasteiger partial charge in [-0.25, -0.2) is 9.97 Å². The van der Waals surface area contributed by atoms with Gasteiger partial charge in [0.1, 0.15) is 18.1 Å². The van der Waals surface area contributed by atoms with Gasteiger partial charge in [-0.3, -0.25) is 4.79 Å². The molecule has 0 saturated heterocycles. The van der Waals surface area contributed by atoms with E-state index in [1.165, 1.54) is 0 Å². The second kappa shape index (κ2) is 6.00. The van der Waals surface area contributed by atoms with Crippen molar-refractivity contribution in [2.24, 2.45) is 0 Å². The minimum absolute atomic E-state index is 0.0380. The third-order valence-electron chi connectivity index (χ3n) is 2.79. The van der Waals surface area contributed by atoms with Crippen molar-refractivity contribution < 1.29 is 14.3 Å². The van der Waals surface area contributed by atoms with Crippen molar-refractivity contribution in [3.63, 3.8) is 0 Å². The zero-order valence-electron chi connectivity index (χ0n) is 11.1. The topological polar surface area (TPSA) is 61.3 Å². The average molecular weight is 280 g/mol. The lowest BCUT2D eigenvalue weighted by molar-refractivity contribution is -0.109. The fourth-order valence-electron chi connectivity index (χ4n) is 1.84. The number of carbonyl (C=O) groups excluding carboxylic acids is 1. The first kappa shape index (κ1) is 13.1. The normalized spacial score (nSPS) is 10.3. The van der Waals surface area contributed by atoms with Gasteiger partial charge in [0.05, 0.1) is 17.2 Å². The van der Waals surface area contributed by atoms with Crippen LogP contribution in [0.25, 0.3) is 11.0 Å². The van der Waals surface area contributed by atoms with Gasteiger partial charge < -0.3 is 9.47 Å². The molecular formula is C16H12N2O3. The Balaban J connectivity index is 1.76. The lowest BCUT2D eigenvalue weighted by Gasteiger charge is -2.06. The van der Waals surface area contributed by atoms with Crippen LogP contribution in [0, 0.1) is 0 Å². The van der Waals surface area contributed by atoms with Crippen molar-refractivity contribution in [1.29, 1.82) is 0 Å². The molecule has 5 nitrogen and oxygen atoms in total. The van der Waals surface area contributed by atoms with E-state index in [4.69, 9.17) is 9.47 Å². The van der Waals surface area contributed by atoms with Crippen LogP contribution in [0.15, 0.2) is 54.7 Å². The van der Waals surface area contributed by atoms with E-state index < -0.39 is 0 Å². The van der Waals surface area contributed by atoms with Gasteiger partial charge in [0.2, 0.25) is 5.88 Å². The van der Waals surface area contributed by atoms with Crippen molar-refractivity contribution in [1.82, 2.24) is 9.97 Å². The van der Waals surface area contributed by atoms with Crippen molar-refractivity contribution in [3.05, 3.63) is 54.7 Å². The van der Waals surface area contributed by atoms with Crippen LogP contribution in [-0.2, 0) is 4.79 Å². The van der Waals surface area contributed by atoms with Gasteiger partial charge in [0.15, 0.2) is 6.29 Å². The summed E-state index contributed by atoms with van der Waals surface area (Å²) in [5.41, 5.74) is 1.60. The minimum atomic E-state index is 0.0380. The largest absolute Gasteiger partial charge is 0.486 e. The van der Waals surface area contributed by atoms with E-state index in [0.717, 1.165) is 11.0 Å². The van der Waals surface area contributed by atoms with Crippen LogP contribution in [0.5, 0.6) is 17.4 Å². The molecule has 104 valence electrons. The second-order valence-corrected chi connectivity index (χ2v) is 4.25. The van der Waals surface area contributed by atoms with Gasteiger partial charge in [0, 0.05) is 0 Å². The van der Waals surface area contributed by atoms with Gasteiger partial charge in [-0.1, -0.05) is 12.1 Å². The Kier molecular flexibility index (Phi) is 3.73. The summed E-state index contributed by atoms with van der Waals surface area (Å²) in [6, 6.07) is 14.5. The Bertz CT molecular complexity index is 757. The molecule has 1 heterocycles. The molecule has 3 rings (SSSR count). The first-order valence-electron chi connectivity index (χ1n) is 6.41. The maximum atomic E-state index is 10.2. The van der Waals surface area contributed by atoms with Crippen LogP contribution in [0.1, 0.15) is 0 Å². The fourth-order valence-corrected chi connectivity index (χ4v) is 1.84. The summed E-state index contributed by atoms with van der Waals surface area (Å²) in [4.78, 5) is 18.9. The molecule has 0 unspecified atom stereocenters. The molecule has 0 aliphatic rings. The van der Waals surface area contributed by atoms with Gasteiger partial charge >= 0.3 is 0 Å². The molecule has 3 aromatic rings. The zero-order valence-corrected chi connectivity index (χ0v) is 11.1. The molecule has 0 fully saturated rings. The number of para-hydroxylation sites is 2. The summed E-state index contributed by atoms with van der Waals surface area (Å²) in [5.74, 6) is 1.66. The lowest BCUT2D eigenvalue weighted by atomic mass is 10.3. The second-order valence-electron chi connectivity index (χ2n) is 4.25. The molecule has 1 aromatic heterocycles. The summed E-state index contributed by atoms with van der Waals surface area (Å²) in [7, 11) is 0. The molecule has 5 heteroatoms. The average Bonchev–Trinajstić information content (AvgIpc) is 2.54. The molecule has 21 heavy (non-hydrogen) atoms. The number of aromatic nitrogens is 2. The summed E-state index contributed by atoms with van der Waals surface area (Å²) < 4.78 is 10.8. The first-order chi connectivity index (χ1) is 10.3. The lowest BCUT2D eigenvalue weighted by Crippen LogP contribution is -1.97. The van der Waals surface area contributed by atoms with E-state index in [2.05, 4.69) is 9.97 Å². The van der Waals surface area contributed by atoms with E-state index in [1.54, 1.807) is 30.5 Å². The first-order valence-corrected chi connectivity index (χ1v) is 6.41. The van der Waals surface area contributed by atoms with E-state index in [9.17, 15) is 4.79 Å². The van der Waals surface area contributed by atoms with Gasteiger partial charge in [-0.2, -0.15) is 0 Å². The highest BCUT2D eigenvalue weighted by Gasteiger charge is 2.02. The monoisotopic (exact) mass is 280 g/mol. The van der Waals surface area contributed by atoms with Crippen LogP contribution in [-0.4, -0.2) is 22.9 Å². The molecule has 0 aliphatic carbocycles. The predicted molar refractivity (Wildman–Crippen MR) is 77.6 cm³/mol. The molecule has 0 spiro atoms. The summed E-state index contributed by atoms with van der Waals surface area (Å²) in [5, 5.41) is 0. The molecule has 0 amide bonds. The zero-order chi connectivity index (χ0) is 14.5. The van der Waals surface area contributed by atoms with Gasteiger partial charge in [-0.05, 0) is 36.4 Å². The molecule has 0 radical (unpaired) electrons. The number of ether oxygens (including phenoxy) is 2. The predicted octanol–water partition coefficient (Wildman–Crippen LogP) is 3.00. The number of nitrogens with zero attached hydrogens (tertiary/aromatic N) is 2. The van der Waals surface area contributed by atoms with E-state index >= 15 is 0 Å². The number of aldehydes is 1. The maximum absolute atomic E-state index is 10.2. The number of fused-ring (bicyclic) bond motifs is 1. The highest BCUT2D eigenvalue weighted by atomic mass is 16.5. The van der Waals surface area contributed by atoms with Crippen molar-refractivity contribution in [3.8, 4) is 17.4 Å². The smallest absolute Gasteiger partial charge is 0.238 e. The molecular weight excluding hydrogens is 268 g/mol. The number of carbonyl (C=O) groups is 1.